The van der Waals surface area contributed by atoms with E-state index in [2.05, 4.69) is 0 Å². The summed E-state index contributed by atoms with van der Waals surface area (Å²) in [6.07, 6.45) is 3.16. The van der Waals surface area contributed by atoms with Crippen LogP contribution < -0.4 is 5.73 Å². The lowest BCUT2D eigenvalue weighted by molar-refractivity contribution is -0.0638. The van der Waals surface area contributed by atoms with E-state index in [1.165, 1.54) is 0 Å². The second kappa shape index (κ2) is 10.7. The molecule has 0 saturated heterocycles. The van der Waals surface area contributed by atoms with Gasteiger partial charge >= 0.3 is 0 Å². The molecule has 0 aliphatic heterocycles. The molecular formula is C21H37FN2O3S. The van der Waals surface area contributed by atoms with Gasteiger partial charge in [0.25, 0.3) is 0 Å². The molecule has 3 N–H and O–H groups in total. The number of nitrogens with zero attached hydrogens (tertiary/aromatic N) is 1. The smallest absolute Gasteiger partial charge is 0.221 e. The molecule has 28 heavy (non-hydrogen) atoms. The summed E-state index contributed by atoms with van der Waals surface area (Å²) in [6.45, 7) is 7.09. The molecular weight excluding hydrogens is 379 g/mol. The molecule has 1 aromatic rings. The number of nitrogens with two attached hydrogens (primary N) is 1. The van der Waals surface area contributed by atoms with Gasteiger partial charge in [0.2, 0.25) is 10.0 Å². The van der Waals surface area contributed by atoms with Gasteiger partial charge < -0.3 is 5.11 Å². The van der Waals surface area contributed by atoms with Crippen LogP contribution in [0.2, 0.25) is 0 Å². The van der Waals surface area contributed by atoms with Crippen LogP contribution in [0, 0.1) is 5.92 Å². The van der Waals surface area contributed by atoms with Crippen LogP contribution in [0.15, 0.2) is 30.3 Å². The molecule has 0 amide bonds. The first-order valence-corrected chi connectivity index (χ1v) is 11.8. The average molecular weight is 417 g/mol. The monoisotopic (exact) mass is 416 g/mol. The summed E-state index contributed by atoms with van der Waals surface area (Å²) in [5.74, 6) is -1.98. The summed E-state index contributed by atoms with van der Waals surface area (Å²) >= 11 is 0. The number of aliphatic hydroxyl groups is 1. The zero-order chi connectivity index (χ0) is 21.4. The predicted octanol–water partition coefficient (Wildman–Crippen LogP) is 4.17. The van der Waals surface area contributed by atoms with Gasteiger partial charge in [0, 0.05) is 13.0 Å². The van der Waals surface area contributed by atoms with Gasteiger partial charge in [-0.05, 0) is 44.6 Å². The summed E-state index contributed by atoms with van der Waals surface area (Å²) in [6, 6.07) is 8.85. The van der Waals surface area contributed by atoms with Crippen molar-refractivity contribution in [2.45, 2.75) is 83.5 Å². The van der Waals surface area contributed by atoms with Crippen molar-refractivity contribution < 1.29 is 17.9 Å². The third-order valence-corrected chi connectivity index (χ3v) is 6.77. The molecule has 0 spiro atoms. The number of benzene rings is 1. The Kier molecular flexibility index (Phi) is 9.53. The Balaban J connectivity index is 2.91. The fourth-order valence-electron chi connectivity index (χ4n) is 3.59. The molecule has 2 unspecified atom stereocenters. The number of halogens is 1. The lowest BCUT2D eigenvalue weighted by Crippen LogP contribution is -2.58. The summed E-state index contributed by atoms with van der Waals surface area (Å²) in [5.41, 5.74) is 5.40. The van der Waals surface area contributed by atoms with Crippen LogP contribution in [0.4, 0.5) is 4.39 Å². The normalized spacial score (nSPS) is 16.1. The minimum Gasteiger partial charge on any atom is -0.362 e. The van der Waals surface area contributed by atoms with Crippen LogP contribution in [-0.4, -0.2) is 35.9 Å². The van der Waals surface area contributed by atoms with Crippen molar-refractivity contribution in [2.24, 2.45) is 11.7 Å². The maximum absolute atomic E-state index is 14.0. The van der Waals surface area contributed by atoms with Gasteiger partial charge in [-0.2, -0.15) is 4.31 Å². The Morgan fingerprint density at radius 2 is 1.82 bits per heavy atom. The second-order valence-corrected chi connectivity index (χ2v) is 10.2. The quantitative estimate of drug-likeness (QED) is 0.473. The third kappa shape index (κ3) is 8.55. The van der Waals surface area contributed by atoms with Crippen LogP contribution in [0.5, 0.6) is 0 Å². The van der Waals surface area contributed by atoms with E-state index < -0.39 is 21.5 Å². The molecule has 2 atom stereocenters. The molecule has 1 rings (SSSR count). The van der Waals surface area contributed by atoms with Crippen molar-refractivity contribution >= 4 is 10.0 Å². The van der Waals surface area contributed by atoms with E-state index in [1.807, 2.05) is 19.9 Å². The van der Waals surface area contributed by atoms with Crippen LogP contribution in [0.1, 0.15) is 71.8 Å². The number of hydrogen-bond acceptors (Lipinski definition) is 4. The topological polar surface area (TPSA) is 83.6 Å². The fourth-order valence-corrected chi connectivity index (χ4v) is 5.34. The van der Waals surface area contributed by atoms with Crippen molar-refractivity contribution in [3.63, 3.8) is 0 Å². The van der Waals surface area contributed by atoms with Gasteiger partial charge in [0.05, 0.1) is 5.75 Å². The minimum atomic E-state index is -3.81. The molecule has 7 heteroatoms. The Hall–Kier alpha value is -1.02. The van der Waals surface area contributed by atoms with Crippen molar-refractivity contribution in [1.29, 1.82) is 0 Å². The fraction of sp³-hybridized carbons (Fsp3) is 0.714. The third-order valence-electron chi connectivity index (χ3n) is 4.90. The van der Waals surface area contributed by atoms with Crippen molar-refractivity contribution in [2.75, 3.05) is 6.54 Å². The van der Waals surface area contributed by atoms with Gasteiger partial charge in [0.15, 0.2) is 5.85 Å². The molecule has 5 nitrogen and oxygen atoms in total. The van der Waals surface area contributed by atoms with Gasteiger partial charge in [0.1, 0.15) is 5.67 Å². The van der Waals surface area contributed by atoms with Crippen LogP contribution in [-0.2, 0) is 15.8 Å². The predicted molar refractivity (Wildman–Crippen MR) is 113 cm³/mol. The highest BCUT2D eigenvalue weighted by molar-refractivity contribution is 7.88. The first kappa shape index (κ1) is 25.0. The van der Waals surface area contributed by atoms with E-state index in [1.54, 1.807) is 38.1 Å². The maximum atomic E-state index is 14.0. The SMILES string of the molecule is CCCC(N)(O)N(CCCC(CC)CC(C)(C)F)S(=O)(=O)Cc1ccccc1. The zero-order valence-electron chi connectivity index (χ0n) is 17.7. The van der Waals surface area contributed by atoms with Crippen molar-refractivity contribution in [1.82, 2.24) is 4.31 Å². The number of hydrogen-bond donors (Lipinski definition) is 2. The Morgan fingerprint density at radius 1 is 1.21 bits per heavy atom. The highest BCUT2D eigenvalue weighted by atomic mass is 32.2. The molecule has 162 valence electrons. The Labute approximate surface area is 170 Å². The van der Waals surface area contributed by atoms with Crippen molar-refractivity contribution in [3.8, 4) is 0 Å². The first-order chi connectivity index (χ1) is 12.9. The molecule has 0 bridgehead atoms. The van der Waals surface area contributed by atoms with Gasteiger partial charge in [-0.1, -0.05) is 57.0 Å². The zero-order valence-corrected chi connectivity index (χ0v) is 18.5. The molecule has 0 radical (unpaired) electrons. The maximum Gasteiger partial charge on any atom is 0.221 e. The lowest BCUT2D eigenvalue weighted by atomic mass is 9.89. The second-order valence-electron chi connectivity index (χ2n) is 8.28. The van der Waals surface area contributed by atoms with E-state index >= 15 is 0 Å². The standard InChI is InChI=1S/C21H37FN2O3S/c1-5-14-21(23,25)24(15-10-13-18(6-2)16-20(3,4)22)28(26,27)17-19-11-8-7-9-12-19/h7-9,11-12,18,25H,5-6,10,13-17,23H2,1-4H3. The number of alkyl halides is 1. The molecule has 0 heterocycles. The van der Waals surface area contributed by atoms with Gasteiger partial charge in [-0.25, -0.2) is 12.8 Å². The first-order valence-electron chi connectivity index (χ1n) is 10.2. The lowest BCUT2D eigenvalue weighted by Gasteiger charge is -2.36. The van der Waals surface area contributed by atoms with Crippen LogP contribution in [0.3, 0.4) is 0 Å². The Morgan fingerprint density at radius 3 is 2.32 bits per heavy atom. The van der Waals surface area contributed by atoms with E-state index in [9.17, 15) is 17.9 Å². The Bertz CT molecular complexity index is 673. The summed E-state index contributed by atoms with van der Waals surface area (Å²) in [5, 5.41) is 10.7. The summed E-state index contributed by atoms with van der Waals surface area (Å²) in [7, 11) is -3.81. The van der Waals surface area contributed by atoms with Crippen LogP contribution in [0.25, 0.3) is 0 Å². The van der Waals surface area contributed by atoms with Crippen molar-refractivity contribution in [3.05, 3.63) is 35.9 Å². The molecule has 0 aliphatic carbocycles. The molecule has 0 fully saturated rings. The number of sulfonamides is 1. The molecule has 0 saturated carbocycles. The average Bonchev–Trinajstić information content (AvgIpc) is 2.56. The van der Waals surface area contributed by atoms with E-state index in [0.29, 0.717) is 31.2 Å². The van der Waals surface area contributed by atoms with Gasteiger partial charge in [-0.15, -0.1) is 0 Å². The summed E-state index contributed by atoms with van der Waals surface area (Å²) < 4.78 is 41.0. The van der Waals surface area contributed by atoms with Crippen LogP contribution >= 0.6 is 0 Å². The highest BCUT2D eigenvalue weighted by Gasteiger charge is 2.38. The highest BCUT2D eigenvalue weighted by Crippen LogP contribution is 2.27. The molecule has 1 aromatic carbocycles. The molecule has 0 aliphatic rings. The van der Waals surface area contributed by atoms with E-state index in [0.717, 1.165) is 10.7 Å². The molecule has 0 aromatic heterocycles. The number of rotatable bonds is 13. The van der Waals surface area contributed by atoms with Gasteiger partial charge in [-0.3, -0.25) is 5.73 Å². The minimum absolute atomic E-state index is 0.116. The van der Waals surface area contributed by atoms with E-state index in [4.69, 9.17) is 5.73 Å². The largest absolute Gasteiger partial charge is 0.362 e. The van der Waals surface area contributed by atoms with E-state index in [-0.39, 0.29) is 24.6 Å². The summed E-state index contributed by atoms with van der Waals surface area (Å²) in [4.78, 5) is 0.